The Morgan fingerprint density at radius 3 is 2.45 bits per heavy atom. The molecule has 1 aromatic heterocycles. The van der Waals surface area contributed by atoms with Crippen molar-refractivity contribution in [1.82, 2.24) is 5.32 Å². The number of aliphatic hydroxyl groups is 1. The first-order chi connectivity index (χ1) is 9.63. The van der Waals surface area contributed by atoms with Gasteiger partial charge in [0.2, 0.25) is 0 Å². The van der Waals surface area contributed by atoms with Gasteiger partial charge in [-0.2, -0.15) is 0 Å². The van der Waals surface area contributed by atoms with Crippen LogP contribution < -0.4 is 5.32 Å². The van der Waals surface area contributed by atoms with Gasteiger partial charge in [-0.15, -0.1) is 11.3 Å². The topological polar surface area (TPSA) is 49.3 Å². The predicted octanol–water partition coefficient (Wildman–Crippen LogP) is 3.04. The highest BCUT2D eigenvalue weighted by atomic mass is 32.1. The maximum Gasteiger partial charge on any atom is 0.261 e. The maximum absolute atomic E-state index is 12.1. The van der Waals surface area contributed by atoms with Crippen LogP contribution in [0.1, 0.15) is 38.2 Å². The molecular formula is C16H19NO2S. The zero-order valence-electron chi connectivity index (χ0n) is 11.8. The first-order valence-corrected chi connectivity index (χ1v) is 7.52. The van der Waals surface area contributed by atoms with Gasteiger partial charge in [-0.05, 0) is 36.1 Å². The number of carbonyl (C=O) groups excluding carboxylic acids is 1. The quantitative estimate of drug-likeness (QED) is 0.889. The number of aryl methyl sites for hydroxylation is 2. The van der Waals surface area contributed by atoms with Crippen molar-refractivity contribution < 1.29 is 9.90 Å². The van der Waals surface area contributed by atoms with Crippen molar-refractivity contribution in [3.63, 3.8) is 0 Å². The largest absolute Gasteiger partial charge is 0.392 e. The molecule has 20 heavy (non-hydrogen) atoms. The molecule has 0 saturated heterocycles. The van der Waals surface area contributed by atoms with E-state index >= 15 is 0 Å². The van der Waals surface area contributed by atoms with Crippen LogP contribution >= 0.6 is 11.3 Å². The fourth-order valence-corrected chi connectivity index (χ4v) is 3.04. The first-order valence-electron chi connectivity index (χ1n) is 6.70. The van der Waals surface area contributed by atoms with Crippen LogP contribution in [0.5, 0.6) is 0 Å². The first kappa shape index (κ1) is 14.8. The molecule has 0 fully saturated rings. The summed E-state index contributed by atoms with van der Waals surface area (Å²) in [4.78, 5) is 14.1. The Bertz CT molecular complexity index is 587. The minimum Gasteiger partial charge on any atom is -0.392 e. The molecule has 1 heterocycles. The number of hydrogen-bond donors (Lipinski definition) is 2. The molecule has 0 spiro atoms. The fraction of sp³-hybridized carbons (Fsp3) is 0.312. The zero-order chi connectivity index (χ0) is 14.5. The standard InChI is InChI=1S/C16H19NO2S/c1-3-14-8-15(20-11(14)2)16(19)17-9-12-4-6-13(10-18)7-5-12/h4-8,18H,3,9-10H2,1-2H3,(H,17,19). The van der Waals surface area contributed by atoms with Crippen molar-refractivity contribution in [3.05, 3.63) is 56.8 Å². The van der Waals surface area contributed by atoms with Crippen molar-refractivity contribution >= 4 is 17.2 Å². The molecule has 106 valence electrons. The second-order valence-electron chi connectivity index (χ2n) is 4.70. The Hall–Kier alpha value is -1.65. The summed E-state index contributed by atoms with van der Waals surface area (Å²) in [6.07, 6.45) is 0.957. The van der Waals surface area contributed by atoms with E-state index in [1.54, 1.807) is 11.3 Å². The number of benzene rings is 1. The lowest BCUT2D eigenvalue weighted by Crippen LogP contribution is -2.21. The van der Waals surface area contributed by atoms with Crippen LogP contribution in [0.2, 0.25) is 0 Å². The normalized spacial score (nSPS) is 10.6. The molecule has 1 aromatic carbocycles. The summed E-state index contributed by atoms with van der Waals surface area (Å²) in [7, 11) is 0. The van der Waals surface area contributed by atoms with Crippen molar-refractivity contribution in [2.75, 3.05) is 0 Å². The van der Waals surface area contributed by atoms with E-state index in [0.717, 1.165) is 22.4 Å². The van der Waals surface area contributed by atoms with Gasteiger partial charge in [-0.1, -0.05) is 31.2 Å². The Balaban J connectivity index is 1.96. The molecular weight excluding hydrogens is 270 g/mol. The van der Waals surface area contributed by atoms with Gasteiger partial charge in [-0.3, -0.25) is 4.79 Å². The number of thiophene rings is 1. The second-order valence-corrected chi connectivity index (χ2v) is 5.96. The van der Waals surface area contributed by atoms with Crippen molar-refractivity contribution in [2.45, 2.75) is 33.4 Å². The lowest BCUT2D eigenvalue weighted by atomic mass is 10.1. The van der Waals surface area contributed by atoms with Gasteiger partial charge in [0, 0.05) is 11.4 Å². The summed E-state index contributed by atoms with van der Waals surface area (Å²) >= 11 is 1.54. The molecule has 2 N–H and O–H groups in total. The summed E-state index contributed by atoms with van der Waals surface area (Å²) in [5, 5.41) is 11.9. The van der Waals surface area contributed by atoms with Crippen LogP contribution in [0, 0.1) is 6.92 Å². The van der Waals surface area contributed by atoms with Gasteiger partial charge in [0.25, 0.3) is 5.91 Å². The van der Waals surface area contributed by atoms with E-state index in [9.17, 15) is 4.79 Å². The third kappa shape index (κ3) is 3.46. The molecule has 2 rings (SSSR count). The summed E-state index contributed by atoms with van der Waals surface area (Å²) in [5.41, 5.74) is 3.15. The predicted molar refractivity (Wildman–Crippen MR) is 82.0 cm³/mol. The Labute approximate surface area is 123 Å². The van der Waals surface area contributed by atoms with Crippen LogP contribution in [0.25, 0.3) is 0 Å². The number of carbonyl (C=O) groups is 1. The van der Waals surface area contributed by atoms with Crippen molar-refractivity contribution in [3.8, 4) is 0 Å². The van der Waals surface area contributed by atoms with Gasteiger partial charge in [-0.25, -0.2) is 0 Å². The molecule has 4 heteroatoms. The van der Waals surface area contributed by atoms with E-state index < -0.39 is 0 Å². The average molecular weight is 289 g/mol. The summed E-state index contributed by atoms with van der Waals surface area (Å²) in [6.45, 7) is 4.69. The minimum absolute atomic E-state index is 0.0240. The average Bonchev–Trinajstić information content (AvgIpc) is 2.86. The van der Waals surface area contributed by atoms with Crippen LogP contribution in [-0.2, 0) is 19.6 Å². The molecule has 0 radical (unpaired) electrons. The molecule has 3 nitrogen and oxygen atoms in total. The molecule has 2 aromatic rings. The highest BCUT2D eigenvalue weighted by Gasteiger charge is 2.11. The molecule has 0 aliphatic carbocycles. The smallest absolute Gasteiger partial charge is 0.261 e. The van der Waals surface area contributed by atoms with Gasteiger partial charge >= 0.3 is 0 Å². The third-order valence-electron chi connectivity index (χ3n) is 3.28. The summed E-state index contributed by atoms with van der Waals surface area (Å²) in [6, 6.07) is 9.55. The lowest BCUT2D eigenvalue weighted by molar-refractivity contribution is 0.0955. The number of aliphatic hydroxyl groups excluding tert-OH is 1. The third-order valence-corrected chi connectivity index (χ3v) is 4.38. The van der Waals surface area contributed by atoms with Crippen molar-refractivity contribution in [2.24, 2.45) is 0 Å². The monoisotopic (exact) mass is 289 g/mol. The van der Waals surface area contributed by atoms with E-state index in [4.69, 9.17) is 5.11 Å². The molecule has 1 amide bonds. The maximum atomic E-state index is 12.1. The number of rotatable bonds is 5. The van der Waals surface area contributed by atoms with E-state index in [2.05, 4.69) is 12.2 Å². The van der Waals surface area contributed by atoms with E-state index in [1.165, 1.54) is 10.4 Å². The molecule has 0 aliphatic rings. The molecule has 0 saturated carbocycles. The molecule has 0 aliphatic heterocycles. The van der Waals surface area contributed by atoms with E-state index in [1.807, 2.05) is 37.3 Å². The number of amides is 1. The van der Waals surface area contributed by atoms with E-state index in [0.29, 0.717) is 6.54 Å². The van der Waals surface area contributed by atoms with E-state index in [-0.39, 0.29) is 12.5 Å². The zero-order valence-corrected chi connectivity index (χ0v) is 12.6. The molecule has 0 atom stereocenters. The summed E-state index contributed by atoms with van der Waals surface area (Å²) < 4.78 is 0. The SMILES string of the molecule is CCc1cc(C(=O)NCc2ccc(CO)cc2)sc1C. The Morgan fingerprint density at radius 2 is 1.90 bits per heavy atom. The van der Waals surface area contributed by atoms with Crippen LogP contribution in [0.4, 0.5) is 0 Å². The Morgan fingerprint density at radius 1 is 1.25 bits per heavy atom. The van der Waals surface area contributed by atoms with Crippen LogP contribution in [-0.4, -0.2) is 11.0 Å². The fourth-order valence-electron chi connectivity index (χ4n) is 2.01. The van der Waals surface area contributed by atoms with Crippen LogP contribution in [0.3, 0.4) is 0 Å². The summed E-state index contributed by atoms with van der Waals surface area (Å²) in [5.74, 6) is -0.0240. The van der Waals surface area contributed by atoms with Gasteiger partial charge in [0.15, 0.2) is 0 Å². The van der Waals surface area contributed by atoms with Gasteiger partial charge in [0.05, 0.1) is 11.5 Å². The highest BCUT2D eigenvalue weighted by molar-refractivity contribution is 7.14. The van der Waals surface area contributed by atoms with Crippen molar-refractivity contribution in [1.29, 1.82) is 0 Å². The second kappa shape index (κ2) is 6.68. The highest BCUT2D eigenvalue weighted by Crippen LogP contribution is 2.21. The lowest BCUT2D eigenvalue weighted by Gasteiger charge is -2.04. The van der Waals surface area contributed by atoms with Gasteiger partial charge < -0.3 is 10.4 Å². The Kier molecular flexibility index (Phi) is 4.93. The number of hydrogen-bond acceptors (Lipinski definition) is 3. The minimum atomic E-state index is -0.0240. The molecule has 0 unspecified atom stereocenters. The van der Waals surface area contributed by atoms with Crippen LogP contribution in [0.15, 0.2) is 30.3 Å². The van der Waals surface area contributed by atoms with Gasteiger partial charge in [0.1, 0.15) is 0 Å². The number of nitrogens with one attached hydrogen (secondary N) is 1. The molecule has 0 bridgehead atoms.